The van der Waals surface area contributed by atoms with Crippen LogP contribution in [0.1, 0.15) is 31.2 Å². The highest BCUT2D eigenvalue weighted by Gasteiger charge is 2.20. The zero-order chi connectivity index (χ0) is 15.1. The fourth-order valence-corrected chi connectivity index (χ4v) is 2.02. The van der Waals surface area contributed by atoms with Gasteiger partial charge in [-0.15, -0.1) is 0 Å². The van der Waals surface area contributed by atoms with Crippen LogP contribution in [0.25, 0.3) is 0 Å². The van der Waals surface area contributed by atoms with E-state index in [4.69, 9.17) is 9.47 Å². The summed E-state index contributed by atoms with van der Waals surface area (Å²) in [5.74, 6) is 1.66. The van der Waals surface area contributed by atoms with Crippen molar-refractivity contribution in [2.45, 2.75) is 38.3 Å². The largest absolute Gasteiger partial charge is 0.497 e. The van der Waals surface area contributed by atoms with Crippen molar-refractivity contribution < 1.29 is 14.3 Å². The molecule has 0 aliphatic heterocycles. The van der Waals surface area contributed by atoms with E-state index in [2.05, 4.69) is 10.6 Å². The maximum atomic E-state index is 11.2. The van der Waals surface area contributed by atoms with Crippen LogP contribution in [0.5, 0.6) is 11.5 Å². The number of benzene rings is 1. The summed E-state index contributed by atoms with van der Waals surface area (Å²) in [7, 11) is 3.29. The highest BCUT2D eigenvalue weighted by molar-refractivity contribution is 5.75. The van der Waals surface area contributed by atoms with Gasteiger partial charge in [-0.2, -0.15) is 0 Å². The smallest absolute Gasteiger partial charge is 0.219 e. The van der Waals surface area contributed by atoms with E-state index in [0.717, 1.165) is 23.6 Å². The van der Waals surface area contributed by atoms with E-state index in [1.54, 1.807) is 14.2 Å². The molecule has 0 bridgehead atoms. The molecule has 1 aliphatic carbocycles. The molecule has 2 rings (SSSR count). The normalized spacial score (nSPS) is 13.8. The lowest BCUT2D eigenvalue weighted by Crippen LogP contribution is -2.18. The van der Waals surface area contributed by atoms with Gasteiger partial charge in [0.25, 0.3) is 0 Å². The standard InChI is InChI=1S/C16H24N2O3/c1-17-16(19)4-3-9-21-15-10-14(20-2)8-5-12(15)11-18-13-6-7-13/h5,8,10,13,18H,3-4,6-7,9,11H2,1-2H3,(H,17,19). The minimum Gasteiger partial charge on any atom is -0.497 e. The van der Waals surface area contributed by atoms with E-state index in [0.29, 0.717) is 25.5 Å². The fourth-order valence-electron chi connectivity index (χ4n) is 2.02. The Morgan fingerprint density at radius 2 is 2.19 bits per heavy atom. The summed E-state index contributed by atoms with van der Waals surface area (Å²) in [4.78, 5) is 11.2. The monoisotopic (exact) mass is 292 g/mol. The summed E-state index contributed by atoms with van der Waals surface area (Å²) < 4.78 is 11.1. The van der Waals surface area contributed by atoms with Gasteiger partial charge in [-0.1, -0.05) is 6.07 Å². The quantitative estimate of drug-likeness (QED) is 0.682. The first-order valence-electron chi connectivity index (χ1n) is 7.46. The maximum Gasteiger partial charge on any atom is 0.219 e. The molecule has 0 atom stereocenters. The molecule has 21 heavy (non-hydrogen) atoms. The summed E-state index contributed by atoms with van der Waals surface area (Å²) in [6.07, 6.45) is 3.71. The third kappa shape index (κ3) is 5.27. The molecule has 0 spiro atoms. The predicted octanol–water partition coefficient (Wildman–Crippen LogP) is 1.85. The highest BCUT2D eigenvalue weighted by atomic mass is 16.5. The molecule has 1 fully saturated rings. The number of methoxy groups -OCH3 is 1. The van der Waals surface area contributed by atoms with E-state index in [9.17, 15) is 4.79 Å². The van der Waals surface area contributed by atoms with Crippen molar-refractivity contribution in [1.29, 1.82) is 0 Å². The molecule has 0 radical (unpaired) electrons. The molecular formula is C16H24N2O3. The van der Waals surface area contributed by atoms with Gasteiger partial charge in [0, 0.05) is 37.7 Å². The van der Waals surface area contributed by atoms with Crippen LogP contribution in [0, 0.1) is 0 Å². The average Bonchev–Trinajstić information content (AvgIpc) is 3.33. The highest BCUT2D eigenvalue weighted by Crippen LogP contribution is 2.26. The number of carbonyl (C=O) groups is 1. The number of nitrogens with one attached hydrogen (secondary N) is 2. The number of hydrogen-bond donors (Lipinski definition) is 2. The second-order valence-corrected chi connectivity index (χ2v) is 5.25. The van der Waals surface area contributed by atoms with Gasteiger partial charge >= 0.3 is 0 Å². The average molecular weight is 292 g/mol. The molecule has 1 amide bonds. The molecule has 2 N–H and O–H groups in total. The summed E-state index contributed by atoms with van der Waals surface area (Å²) in [6, 6.07) is 6.54. The minimum absolute atomic E-state index is 0.0415. The van der Waals surface area contributed by atoms with Gasteiger partial charge in [0.15, 0.2) is 0 Å². The first kappa shape index (κ1) is 15.6. The summed E-state index contributed by atoms with van der Waals surface area (Å²) in [5.41, 5.74) is 1.13. The van der Waals surface area contributed by atoms with Crippen LogP contribution in [0.2, 0.25) is 0 Å². The third-order valence-electron chi connectivity index (χ3n) is 3.52. The Hall–Kier alpha value is -1.75. The summed E-state index contributed by atoms with van der Waals surface area (Å²) >= 11 is 0. The molecule has 1 saturated carbocycles. The van der Waals surface area contributed by atoms with Crippen LogP contribution >= 0.6 is 0 Å². The van der Waals surface area contributed by atoms with E-state index in [1.165, 1.54) is 12.8 Å². The molecule has 5 nitrogen and oxygen atoms in total. The summed E-state index contributed by atoms with van der Waals surface area (Å²) in [6.45, 7) is 1.33. The molecule has 0 saturated heterocycles. The zero-order valence-electron chi connectivity index (χ0n) is 12.8. The predicted molar refractivity (Wildman–Crippen MR) is 81.7 cm³/mol. The van der Waals surface area contributed by atoms with Crippen molar-refractivity contribution >= 4 is 5.91 Å². The molecule has 1 aliphatic rings. The number of rotatable bonds is 9. The zero-order valence-corrected chi connectivity index (χ0v) is 12.8. The van der Waals surface area contributed by atoms with Crippen molar-refractivity contribution in [3.05, 3.63) is 23.8 Å². The molecule has 1 aromatic carbocycles. The van der Waals surface area contributed by atoms with Crippen molar-refractivity contribution in [1.82, 2.24) is 10.6 Å². The molecule has 1 aromatic rings. The number of carbonyl (C=O) groups excluding carboxylic acids is 1. The fraction of sp³-hybridized carbons (Fsp3) is 0.562. The van der Waals surface area contributed by atoms with E-state index in [-0.39, 0.29) is 5.91 Å². The lowest BCUT2D eigenvalue weighted by Gasteiger charge is -2.13. The maximum absolute atomic E-state index is 11.2. The molecule has 116 valence electrons. The van der Waals surface area contributed by atoms with Crippen molar-refractivity contribution in [3.63, 3.8) is 0 Å². The van der Waals surface area contributed by atoms with Crippen LogP contribution in [-0.2, 0) is 11.3 Å². The van der Waals surface area contributed by atoms with Crippen molar-refractivity contribution in [3.8, 4) is 11.5 Å². The Morgan fingerprint density at radius 1 is 1.38 bits per heavy atom. The van der Waals surface area contributed by atoms with Gasteiger partial charge in [-0.3, -0.25) is 4.79 Å². The second kappa shape index (κ2) is 7.88. The lowest BCUT2D eigenvalue weighted by atomic mass is 10.2. The number of hydrogen-bond acceptors (Lipinski definition) is 4. The van der Waals surface area contributed by atoms with E-state index in [1.807, 2.05) is 18.2 Å². The molecule has 0 unspecified atom stereocenters. The molecule has 0 aromatic heterocycles. The van der Waals surface area contributed by atoms with Gasteiger partial charge < -0.3 is 20.1 Å². The Balaban J connectivity index is 1.88. The lowest BCUT2D eigenvalue weighted by molar-refractivity contribution is -0.120. The van der Waals surface area contributed by atoms with E-state index >= 15 is 0 Å². The molecule has 0 heterocycles. The van der Waals surface area contributed by atoms with E-state index < -0.39 is 0 Å². The van der Waals surface area contributed by atoms with Gasteiger partial charge in [0.2, 0.25) is 5.91 Å². The first-order valence-corrected chi connectivity index (χ1v) is 7.46. The first-order chi connectivity index (χ1) is 10.2. The topological polar surface area (TPSA) is 59.6 Å². The van der Waals surface area contributed by atoms with Crippen LogP contribution in [0.4, 0.5) is 0 Å². The van der Waals surface area contributed by atoms with Gasteiger partial charge in [0.1, 0.15) is 11.5 Å². The van der Waals surface area contributed by atoms with Gasteiger partial charge in [-0.05, 0) is 25.3 Å². The van der Waals surface area contributed by atoms with Crippen LogP contribution < -0.4 is 20.1 Å². The molecular weight excluding hydrogens is 268 g/mol. The van der Waals surface area contributed by atoms with Crippen LogP contribution in [0.3, 0.4) is 0 Å². The third-order valence-corrected chi connectivity index (χ3v) is 3.52. The molecule has 5 heteroatoms. The number of amides is 1. The Morgan fingerprint density at radius 3 is 2.86 bits per heavy atom. The Bertz CT molecular complexity index is 473. The Kier molecular flexibility index (Phi) is 5.87. The van der Waals surface area contributed by atoms with Crippen molar-refractivity contribution in [2.75, 3.05) is 20.8 Å². The van der Waals surface area contributed by atoms with Crippen molar-refractivity contribution in [2.24, 2.45) is 0 Å². The van der Waals surface area contributed by atoms with Gasteiger partial charge in [-0.25, -0.2) is 0 Å². The van der Waals surface area contributed by atoms with Crippen LogP contribution in [-0.4, -0.2) is 32.7 Å². The SMILES string of the molecule is CNC(=O)CCCOc1cc(OC)ccc1CNC1CC1. The van der Waals surface area contributed by atoms with Crippen LogP contribution in [0.15, 0.2) is 18.2 Å². The Labute approximate surface area is 126 Å². The number of ether oxygens (including phenoxy) is 2. The second-order valence-electron chi connectivity index (χ2n) is 5.25. The summed E-state index contributed by atoms with van der Waals surface area (Å²) in [5, 5.41) is 6.09. The van der Waals surface area contributed by atoms with Gasteiger partial charge in [0.05, 0.1) is 13.7 Å². The minimum atomic E-state index is 0.0415.